The third-order valence-electron chi connectivity index (χ3n) is 9.20. The first-order valence-corrected chi connectivity index (χ1v) is 13.7. The molecular weight excluding hydrogens is 528 g/mol. The van der Waals surface area contributed by atoms with Crippen molar-refractivity contribution in [3.8, 4) is 0 Å². The van der Waals surface area contributed by atoms with Gasteiger partial charge in [-0.25, -0.2) is 4.39 Å². The highest BCUT2D eigenvalue weighted by atomic mass is 19.1. The van der Waals surface area contributed by atoms with E-state index in [2.05, 4.69) is 10.4 Å². The Labute approximate surface area is 237 Å². The van der Waals surface area contributed by atoms with Crippen molar-refractivity contribution < 1.29 is 28.1 Å². The Morgan fingerprint density at radius 3 is 2.41 bits per heavy atom. The maximum atomic E-state index is 15.7. The van der Waals surface area contributed by atoms with Crippen molar-refractivity contribution in [1.82, 2.24) is 14.7 Å². The molecule has 2 aromatic carbocycles. The smallest absolute Gasteiger partial charge is 0.399 e. The van der Waals surface area contributed by atoms with E-state index < -0.39 is 42.0 Å². The molecule has 1 aliphatic carbocycles. The normalized spacial score (nSPS) is 25.8. The number of hydrogen-bond donors (Lipinski definition) is 2. The third-order valence-corrected chi connectivity index (χ3v) is 9.20. The van der Waals surface area contributed by atoms with Crippen molar-refractivity contribution in [2.75, 3.05) is 5.32 Å². The molecule has 3 heterocycles. The Bertz CT molecular complexity index is 1590. The minimum atomic E-state index is -0.929. The highest BCUT2D eigenvalue weighted by Crippen LogP contribution is 2.59. The number of benzene rings is 2. The molecule has 0 spiro atoms. The number of nitrogens with zero attached hydrogens (tertiary/aromatic N) is 3. The number of carbonyl (C=O) groups is 3. The van der Waals surface area contributed by atoms with Gasteiger partial charge in [0.1, 0.15) is 18.4 Å². The number of aromatic nitrogens is 2. The van der Waals surface area contributed by atoms with E-state index in [0.717, 1.165) is 6.42 Å². The summed E-state index contributed by atoms with van der Waals surface area (Å²) in [6.07, 6.45) is 1.24. The molecule has 1 saturated carbocycles. The predicted molar refractivity (Wildman–Crippen MR) is 151 cm³/mol. The van der Waals surface area contributed by atoms with Crippen LogP contribution in [-0.4, -0.2) is 62.8 Å². The van der Waals surface area contributed by atoms with E-state index in [0.29, 0.717) is 17.3 Å². The second-order valence-electron chi connectivity index (χ2n) is 12.6. The van der Waals surface area contributed by atoms with E-state index in [4.69, 9.17) is 15.0 Å². The molecule has 214 valence electrons. The molecule has 2 saturated heterocycles. The summed E-state index contributed by atoms with van der Waals surface area (Å²) in [5.74, 6) is -2.12. The highest BCUT2D eigenvalue weighted by molar-refractivity contribution is 6.62. The van der Waals surface area contributed by atoms with Crippen molar-refractivity contribution in [3.63, 3.8) is 0 Å². The average Bonchev–Trinajstić information content (AvgIpc) is 3.15. The van der Waals surface area contributed by atoms with E-state index in [1.165, 1.54) is 10.7 Å². The second kappa shape index (κ2) is 9.12. The number of nitrogens with one attached hydrogen (secondary N) is 1. The molecule has 10 nitrogen and oxygen atoms in total. The third kappa shape index (κ3) is 4.40. The maximum Gasteiger partial charge on any atom is 0.497 e. The van der Waals surface area contributed by atoms with Crippen LogP contribution in [0, 0.1) is 11.2 Å². The van der Waals surface area contributed by atoms with Gasteiger partial charge in [0.15, 0.2) is 5.69 Å². The van der Waals surface area contributed by atoms with E-state index in [-0.39, 0.29) is 40.8 Å². The van der Waals surface area contributed by atoms with E-state index >= 15 is 4.39 Å². The first kappa shape index (κ1) is 27.4. The van der Waals surface area contributed by atoms with Crippen molar-refractivity contribution in [2.45, 2.75) is 77.3 Å². The van der Waals surface area contributed by atoms with Gasteiger partial charge in [0.2, 0.25) is 11.8 Å². The number of fused-ring (bicyclic) bond motifs is 2. The highest BCUT2D eigenvalue weighted by Gasteiger charge is 2.64. The Balaban J connectivity index is 1.23. The van der Waals surface area contributed by atoms with Gasteiger partial charge in [0.05, 0.1) is 22.4 Å². The zero-order chi connectivity index (χ0) is 29.5. The number of nitrogens with two attached hydrogens (primary N) is 1. The zero-order valence-electron chi connectivity index (χ0n) is 23.7. The lowest BCUT2D eigenvalue weighted by molar-refractivity contribution is -0.138. The largest absolute Gasteiger partial charge is 0.497 e. The Hall–Kier alpha value is -3.77. The molecule has 3 fully saturated rings. The van der Waals surface area contributed by atoms with Crippen LogP contribution in [0.1, 0.15) is 57.9 Å². The van der Waals surface area contributed by atoms with Crippen LogP contribution in [0.5, 0.6) is 0 Å². The summed E-state index contributed by atoms with van der Waals surface area (Å²) in [6.45, 7) is 9.41. The summed E-state index contributed by atoms with van der Waals surface area (Å²) < 4.78 is 29.2. The van der Waals surface area contributed by atoms with Crippen LogP contribution < -0.4 is 16.5 Å². The Kier molecular flexibility index (Phi) is 6.10. The van der Waals surface area contributed by atoms with Gasteiger partial charge in [-0.05, 0) is 58.1 Å². The quantitative estimate of drug-likeness (QED) is 0.446. The first-order valence-electron chi connectivity index (χ1n) is 13.7. The van der Waals surface area contributed by atoms with Crippen LogP contribution in [0.25, 0.3) is 10.9 Å². The SMILES string of the molecule is CC1(C)OB(c2cccc(NC(=O)[C@@H]3C[C@@]4(C)CC4N3C(=O)Cn3nc(C(N)=O)c4ccccc43)c2F)OC1(C)C. The number of piperidine rings is 1. The molecule has 12 heteroatoms. The van der Waals surface area contributed by atoms with Crippen LogP contribution in [0.2, 0.25) is 0 Å². The maximum absolute atomic E-state index is 15.7. The fourth-order valence-corrected chi connectivity index (χ4v) is 6.01. The van der Waals surface area contributed by atoms with Crippen LogP contribution in [0.15, 0.2) is 42.5 Å². The molecule has 3 amide bonds. The summed E-state index contributed by atoms with van der Waals surface area (Å²) in [6, 6.07) is 10.8. The summed E-state index contributed by atoms with van der Waals surface area (Å²) >= 11 is 0. The minimum Gasteiger partial charge on any atom is -0.399 e. The molecule has 1 aromatic heterocycles. The Morgan fingerprint density at radius 1 is 1.05 bits per heavy atom. The van der Waals surface area contributed by atoms with Gasteiger partial charge in [0.25, 0.3) is 5.91 Å². The van der Waals surface area contributed by atoms with Gasteiger partial charge >= 0.3 is 7.12 Å². The number of anilines is 1. The van der Waals surface area contributed by atoms with Crippen molar-refractivity contribution in [2.24, 2.45) is 11.1 Å². The summed E-state index contributed by atoms with van der Waals surface area (Å²) in [5.41, 5.74) is 4.87. The number of carbonyl (C=O) groups excluding carboxylic acids is 3. The van der Waals surface area contributed by atoms with Crippen LogP contribution in [0.3, 0.4) is 0 Å². The van der Waals surface area contributed by atoms with E-state index in [1.807, 2.05) is 34.6 Å². The number of likely N-dealkylation sites (tertiary alicyclic amines) is 1. The number of primary amides is 1. The number of para-hydroxylation sites is 1. The molecule has 1 unspecified atom stereocenters. The predicted octanol–water partition coefficient (Wildman–Crippen LogP) is 2.59. The summed E-state index contributed by atoms with van der Waals surface area (Å²) in [5, 5.41) is 7.56. The summed E-state index contributed by atoms with van der Waals surface area (Å²) in [7, 11) is -0.929. The first-order chi connectivity index (χ1) is 19.2. The molecule has 2 aliphatic heterocycles. The van der Waals surface area contributed by atoms with Crippen LogP contribution >= 0.6 is 0 Å². The molecule has 6 rings (SSSR count). The van der Waals surface area contributed by atoms with Crippen LogP contribution in [0.4, 0.5) is 10.1 Å². The number of halogens is 1. The summed E-state index contributed by atoms with van der Waals surface area (Å²) in [4.78, 5) is 40.8. The average molecular weight is 561 g/mol. The molecule has 3 aliphatic rings. The number of hydrogen-bond acceptors (Lipinski definition) is 6. The lowest BCUT2D eigenvalue weighted by atomic mass is 9.78. The van der Waals surface area contributed by atoms with E-state index in [9.17, 15) is 14.4 Å². The topological polar surface area (TPSA) is 129 Å². The lowest BCUT2D eigenvalue weighted by Crippen LogP contribution is -2.47. The zero-order valence-corrected chi connectivity index (χ0v) is 23.7. The monoisotopic (exact) mass is 561 g/mol. The molecule has 3 atom stereocenters. The van der Waals surface area contributed by atoms with Gasteiger partial charge in [0, 0.05) is 16.9 Å². The number of amides is 3. The standard InChI is InChI=1S/C29H33BFN5O5/c1-27(2)28(3,4)41-30(40-27)17-10-8-11-18(23(17)31)33-26(39)20-13-29(5)14-21(29)36(20)22(37)15-35-19-12-7-6-9-16(19)24(34-35)25(32)38/h6-12,20-21H,13-15H2,1-5H3,(H2,32,38)(H,33,39)/t20-,21?,29-/m0/s1. The molecule has 41 heavy (non-hydrogen) atoms. The van der Waals surface area contributed by atoms with Gasteiger partial charge in [-0.1, -0.05) is 37.3 Å². The van der Waals surface area contributed by atoms with Crippen molar-refractivity contribution in [3.05, 3.63) is 54.0 Å². The van der Waals surface area contributed by atoms with Crippen LogP contribution in [-0.2, 0) is 25.4 Å². The molecular formula is C29H33BFN5O5. The fourth-order valence-electron chi connectivity index (χ4n) is 6.01. The van der Waals surface area contributed by atoms with Gasteiger partial charge < -0.3 is 25.3 Å². The van der Waals surface area contributed by atoms with Crippen molar-refractivity contribution >= 4 is 46.9 Å². The van der Waals surface area contributed by atoms with Crippen molar-refractivity contribution in [1.29, 1.82) is 0 Å². The van der Waals surface area contributed by atoms with Gasteiger partial charge in [-0.15, -0.1) is 0 Å². The second-order valence-corrected chi connectivity index (χ2v) is 12.6. The Morgan fingerprint density at radius 2 is 1.73 bits per heavy atom. The molecule has 3 aromatic rings. The fraction of sp³-hybridized carbons (Fsp3) is 0.448. The molecule has 0 bridgehead atoms. The minimum absolute atomic E-state index is 0.00971. The lowest BCUT2D eigenvalue weighted by Gasteiger charge is -2.32. The molecule has 0 radical (unpaired) electrons. The van der Waals surface area contributed by atoms with Gasteiger partial charge in [-0.2, -0.15) is 5.10 Å². The van der Waals surface area contributed by atoms with Gasteiger partial charge in [-0.3, -0.25) is 19.1 Å². The van der Waals surface area contributed by atoms with E-state index in [1.54, 1.807) is 41.3 Å². The number of rotatable bonds is 6. The molecule has 3 N–H and O–H groups in total.